The number of hydrogen-bond donors (Lipinski definition) is 4. The molecule has 0 spiro atoms. The minimum absolute atomic E-state index is 0.444. The Kier molecular flexibility index (Phi) is 4.49. The topological polar surface area (TPSA) is 101 Å². The summed E-state index contributed by atoms with van der Waals surface area (Å²) in [6, 6.07) is 13.6. The van der Waals surface area contributed by atoms with Gasteiger partial charge in [-0.15, -0.1) is 0 Å². The number of nitrogens with zero attached hydrogens (tertiary/aromatic N) is 3. The van der Waals surface area contributed by atoms with Crippen molar-refractivity contribution in [2.75, 3.05) is 21.9 Å². The van der Waals surface area contributed by atoms with Crippen molar-refractivity contribution < 1.29 is 0 Å². The van der Waals surface area contributed by atoms with Crippen LogP contribution in [0.2, 0.25) is 0 Å². The Morgan fingerprint density at radius 1 is 0.913 bits per heavy atom. The van der Waals surface area contributed by atoms with Crippen LogP contribution in [-0.2, 0) is 6.54 Å². The number of nitrogens with two attached hydrogens (primary N) is 1. The summed E-state index contributed by atoms with van der Waals surface area (Å²) in [6.45, 7) is 0.584. The van der Waals surface area contributed by atoms with Crippen LogP contribution in [0.3, 0.4) is 0 Å². The van der Waals surface area contributed by atoms with Crippen molar-refractivity contribution >= 4 is 23.0 Å². The maximum absolute atomic E-state index is 6.11. The van der Waals surface area contributed by atoms with E-state index < -0.39 is 0 Å². The second-order valence-corrected chi connectivity index (χ2v) is 4.82. The van der Waals surface area contributed by atoms with Gasteiger partial charge in [0.2, 0.25) is 0 Å². The third-order valence-corrected chi connectivity index (χ3v) is 3.17. The van der Waals surface area contributed by atoms with E-state index in [2.05, 4.69) is 31.1 Å². The first-order valence-corrected chi connectivity index (χ1v) is 7.13. The smallest absolute Gasteiger partial charge is 0.173 e. The lowest BCUT2D eigenvalue weighted by atomic mass is 10.3. The number of para-hydroxylation sites is 1. The molecule has 2 heterocycles. The van der Waals surface area contributed by atoms with Crippen molar-refractivity contribution in [3.63, 3.8) is 0 Å². The maximum Gasteiger partial charge on any atom is 0.173 e. The van der Waals surface area contributed by atoms with Gasteiger partial charge < -0.3 is 11.1 Å². The standard InChI is InChI=1S/C16H17N7/c17-14-15(19-10-12-5-4-8-18-9-12)20-11-21-16(14)23-22-13-6-2-1-3-7-13/h1-9,11,22H,10,17H2,(H2,19,20,21,23). The van der Waals surface area contributed by atoms with Gasteiger partial charge in [-0.05, 0) is 23.8 Å². The largest absolute Gasteiger partial charge is 0.393 e. The zero-order valence-corrected chi connectivity index (χ0v) is 12.4. The van der Waals surface area contributed by atoms with Crippen LogP contribution in [-0.4, -0.2) is 15.0 Å². The Morgan fingerprint density at radius 3 is 2.52 bits per heavy atom. The first kappa shape index (κ1) is 14.6. The average molecular weight is 307 g/mol. The molecule has 2 aromatic heterocycles. The van der Waals surface area contributed by atoms with Crippen molar-refractivity contribution in [1.82, 2.24) is 15.0 Å². The fraction of sp³-hybridized carbons (Fsp3) is 0.0625. The highest BCUT2D eigenvalue weighted by atomic mass is 15.4. The average Bonchev–Trinajstić information content (AvgIpc) is 2.61. The molecule has 0 aliphatic rings. The zero-order valence-electron chi connectivity index (χ0n) is 12.4. The molecule has 5 N–H and O–H groups in total. The van der Waals surface area contributed by atoms with E-state index in [0.717, 1.165) is 11.3 Å². The van der Waals surface area contributed by atoms with Gasteiger partial charge in [0.25, 0.3) is 0 Å². The molecule has 0 saturated heterocycles. The number of hydrazine groups is 1. The Hall–Kier alpha value is -3.35. The minimum atomic E-state index is 0.444. The normalized spacial score (nSPS) is 10.1. The zero-order chi connectivity index (χ0) is 15.9. The van der Waals surface area contributed by atoms with E-state index in [1.54, 1.807) is 12.4 Å². The molecule has 0 fully saturated rings. The molecule has 3 aromatic rings. The Bertz CT molecular complexity index is 685. The van der Waals surface area contributed by atoms with E-state index in [-0.39, 0.29) is 0 Å². The fourth-order valence-electron chi connectivity index (χ4n) is 1.98. The minimum Gasteiger partial charge on any atom is -0.393 e. The lowest BCUT2D eigenvalue weighted by molar-refractivity contribution is 1.07. The Balaban J connectivity index is 1.66. The molecule has 0 unspecified atom stereocenters. The molecule has 3 rings (SSSR count). The fourth-order valence-corrected chi connectivity index (χ4v) is 1.98. The van der Waals surface area contributed by atoms with Gasteiger partial charge in [0.05, 0.1) is 5.69 Å². The summed E-state index contributed by atoms with van der Waals surface area (Å²) in [5.41, 5.74) is 14.5. The SMILES string of the molecule is Nc1c(NCc2cccnc2)ncnc1NNc1ccccc1. The van der Waals surface area contributed by atoms with Crippen LogP contribution in [0, 0.1) is 0 Å². The number of nitrogens with one attached hydrogen (secondary N) is 3. The molecule has 0 amide bonds. The third kappa shape index (κ3) is 3.85. The number of benzene rings is 1. The van der Waals surface area contributed by atoms with Gasteiger partial charge in [0.15, 0.2) is 11.6 Å². The first-order valence-electron chi connectivity index (χ1n) is 7.13. The summed E-state index contributed by atoms with van der Waals surface area (Å²) >= 11 is 0. The summed E-state index contributed by atoms with van der Waals surface area (Å²) < 4.78 is 0. The van der Waals surface area contributed by atoms with Crippen molar-refractivity contribution in [1.29, 1.82) is 0 Å². The summed E-state index contributed by atoms with van der Waals surface area (Å²) in [7, 11) is 0. The lowest BCUT2D eigenvalue weighted by Gasteiger charge is -2.13. The van der Waals surface area contributed by atoms with E-state index in [4.69, 9.17) is 5.73 Å². The van der Waals surface area contributed by atoms with Gasteiger partial charge in [0, 0.05) is 18.9 Å². The van der Waals surface area contributed by atoms with Gasteiger partial charge in [-0.25, -0.2) is 9.97 Å². The van der Waals surface area contributed by atoms with E-state index in [9.17, 15) is 0 Å². The molecular formula is C16H17N7. The van der Waals surface area contributed by atoms with Crippen LogP contribution in [0.25, 0.3) is 0 Å². The predicted molar refractivity (Wildman–Crippen MR) is 91.7 cm³/mol. The van der Waals surface area contributed by atoms with Crippen molar-refractivity contribution in [2.45, 2.75) is 6.54 Å². The molecule has 0 aliphatic heterocycles. The molecule has 0 saturated carbocycles. The number of aromatic nitrogens is 3. The molecule has 23 heavy (non-hydrogen) atoms. The van der Waals surface area contributed by atoms with Crippen LogP contribution in [0.4, 0.5) is 23.0 Å². The van der Waals surface area contributed by atoms with E-state index in [0.29, 0.717) is 23.9 Å². The summed E-state index contributed by atoms with van der Waals surface area (Å²) in [6.07, 6.45) is 4.98. The van der Waals surface area contributed by atoms with Crippen LogP contribution >= 0.6 is 0 Å². The van der Waals surface area contributed by atoms with Crippen LogP contribution in [0.15, 0.2) is 61.2 Å². The number of rotatable bonds is 6. The molecular weight excluding hydrogens is 290 g/mol. The summed E-state index contributed by atoms with van der Waals surface area (Å²) in [5.74, 6) is 1.08. The number of nitrogen functional groups attached to an aromatic ring is 1. The highest BCUT2D eigenvalue weighted by molar-refractivity contribution is 5.74. The number of anilines is 4. The molecule has 7 heteroatoms. The molecule has 0 bridgehead atoms. The van der Waals surface area contributed by atoms with Crippen LogP contribution in [0.1, 0.15) is 5.56 Å². The molecule has 0 aliphatic carbocycles. The molecule has 0 radical (unpaired) electrons. The van der Waals surface area contributed by atoms with E-state index in [1.165, 1.54) is 6.33 Å². The van der Waals surface area contributed by atoms with Crippen LogP contribution in [0.5, 0.6) is 0 Å². The van der Waals surface area contributed by atoms with Crippen molar-refractivity contribution in [3.05, 3.63) is 66.7 Å². The van der Waals surface area contributed by atoms with Crippen LogP contribution < -0.4 is 21.9 Å². The van der Waals surface area contributed by atoms with Gasteiger partial charge in [-0.3, -0.25) is 15.8 Å². The number of pyridine rings is 1. The van der Waals surface area contributed by atoms with Gasteiger partial charge in [-0.2, -0.15) is 0 Å². The third-order valence-electron chi connectivity index (χ3n) is 3.17. The van der Waals surface area contributed by atoms with E-state index in [1.807, 2.05) is 42.5 Å². The summed E-state index contributed by atoms with van der Waals surface area (Å²) in [4.78, 5) is 12.4. The molecule has 1 aromatic carbocycles. The monoisotopic (exact) mass is 307 g/mol. The first-order chi connectivity index (χ1) is 11.3. The maximum atomic E-state index is 6.11. The van der Waals surface area contributed by atoms with Crippen molar-refractivity contribution in [3.8, 4) is 0 Å². The lowest BCUT2D eigenvalue weighted by Crippen LogP contribution is -2.14. The van der Waals surface area contributed by atoms with E-state index >= 15 is 0 Å². The molecule has 116 valence electrons. The molecule has 0 atom stereocenters. The van der Waals surface area contributed by atoms with Gasteiger partial charge in [0.1, 0.15) is 12.0 Å². The highest BCUT2D eigenvalue weighted by Gasteiger charge is 2.07. The van der Waals surface area contributed by atoms with Crippen molar-refractivity contribution in [2.24, 2.45) is 0 Å². The summed E-state index contributed by atoms with van der Waals surface area (Å²) in [5, 5.41) is 3.18. The molecule has 7 nitrogen and oxygen atoms in total. The van der Waals surface area contributed by atoms with Gasteiger partial charge in [-0.1, -0.05) is 24.3 Å². The van der Waals surface area contributed by atoms with Gasteiger partial charge >= 0.3 is 0 Å². The Morgan fingerprint density at radius 2 is 1.74 bits per heavy atom. The quantitative estimate of drug-likeness (QED) is 0.519. The second kappa shape index (κ2) is 7.08. The highest BCUT2D eigenvalue weighted by Crippen LogP contribution is 2.23. The Labute approximate surface area is 134 Å². The second-order valence-electron chi connectivity index (χ2n) is 4.82. The number of hydrogen-bond acceptors (Lipinski definition) is 7. The predicted octanol–water partition coefficient (Wildman–Crippen LogP) is 2.50.